The summed E-state index contributed by atoms with van der Waals surface area (Å²) in [6, 6.07) is 0.0305. The van der Waals surface area contributed by atoms with E-state index < -0.39 is 0 Å². The van der Waals surface area contributed by atoms with Gasteiger partial charge in [0.2, 0.25) is 0 Å². The Kier molecular flexibility index (Phi) is 2.25. The predicted octanol–water partition coefficient (Wildman–Crippen LogP) is 0.412. The van der Waals surface area contributed by atoms with E-state index in [9.17, 15) is 9.59 Å². The standard InChI is InChI=1S/C10H18N4O2/c1-6(2)14-8-7(12(4)10(14)16)11(3)9(15)13(8)5/h6-8H,1-5H3/t7-,8+/m0/s1. The third-order valence-electron chi connectivity index (χ3n) is 3.42. The van der Waals surface area contributed by atoms with Crippen LogP contribution >= 0.6 is 0 Å². The normalized spacial score (nSPS) is 29.9. The molecule has 2 aliphatic rings. The summed E-state index contributed by atoms with van der Waals surface area (Å²) in [5.41, 5.74) is 0. The van der Waals surface area contributed by atoms with Gasteiger partial charge in [0, 0.05) is 27.2 Å². The molecular weight excluding hydrogens is 208 g/mol. The number of rotatable bonds is 1. The molecule has 2 heterocycles. The van der Waals surface area contributed by atoms with Gasteiger partial charge in [-0.2, -0.15) is 0 Å². The van der Waals surface area contributed by atoms with Gasteiger partial charge in [0.1, 0.15) is 12.3 Å². The quantitative estimate of drug-likeness (QED) is 0.650. The Hall–Kier alpha value is -1.46. The van der Waals surface area contributed by atoms with Gasteiger partial charge in [-0.25, -0.2) is 9.59 Å². The van der Waals surface area contributed by atoms with Gasteiger partial charge in [0.25, 0.3) is 0 Å². The molecule has 0 unspecified atom stereocenters. The van der Waals surface area contributed by atoms with Crippen molar-refractivity contribution >= 4 is 12.1 Å². The number of carbonyl (C=O) groups excluding carboxylic acids is 2. The first-order valence-corrected chi connectivity index (χ1v) is 5.42. The maximum absolute atomic E-state index is 12.0. The molecule has 6 heteroatoms. The highest BCUT2D eigenvalue weighted by atomic mass is 16.2. The van der Waals surface area contributed by atoms with Crippen LogP contribution in [0, 0.1) is 0 Å². The zero-order chi connectivity index (χ0) is 12.2. The summed E-state index contributed by atoms with van der Waals surface area (Å²) in [5, 5.41) is 0. The summed E-state index contributed by atoms with van der Waals surface area (Å²) in [4.78, 5) is 30.5. The molecule has 0 radical (unpaired) electrons. The van der Waals surface area contributed by atoms with Crippen molar-refractivity contribution < 1.29 is 9.59 Å². The molecule has 6 nitrogen and oxygen atoms in total. The van der Waals surface area contributed by atoms with E-state index >= 15 is 0 Å². The maximum atomic E-state index is 12.0. The van der Waals surface area contributed by atoms with Crippen molar-refractivity contribution in [1.82, 2.24) is 19.6 Å². The first-order valence-electron chi connectivity index (χ1n) is 5.42. The minimum Gasteiger partial charge on any atom is -0.303 e. The fourth-order valence-electron chi connectivity index (χ4n) is 2.60. The fourth-order valence-corrected chi connectivity index (χ4v) is 2.60. The molecule has 16 heavy (non-hydrogen) atoms. The molecule has 2 saturated heterocycles. The second kappa shape index (κ2) is 3.26. The summed E-state index contributed by atoms with van der Waals surface area (Å²) in [7, 11) is 5.22. The third kappa shape index (κ3) is 1.12. The third-order valence-corrected chi connectivity index (χ3v) is 3.42. The Bertz CT molecular complexity index is 344. The van der Waals surface area contributed by atoms with E-state index in [1.807, 2.05) is 13.8 Å². The highest BCUT2D eigenvalue weighted by Gasteiger charge is 2.56. The lowest BCUT2D eigenvalue weighted by Gasteiger charge is -2.29. The van der Waals surface area contributed by atoms with Crippen molar-refractivity contribution in [2.75, 3.05) is 21.1 Å². The van der Waals surface area contributed by atoms with Crippen molar-refractivity contribution in [2.45, 2.75) is 32.2 Å². The van der Waals surface area contributed by atoms with Crippen LogP contribution < -0.4 is 0 Å². The van der Waals surface area contributed by atoms with E-state index in [0.717, 1.165) is 0 Å². The lowest BCUT2D eigenvalue weighted by molar-refractivity contribution is 0.124. The van der Waals surface area contributed by atoms with Gasteiger partial charge < -0.3 is 14.7 Å². The van der Waals surface area contributed by atoms with Crippen molar-refractivity contribution in [3.63, 3.8) is 0 Å². The van der Waals surface area contributed by atoms with Crippen molar-refractivity contribution in [2.24, 2.45) is 0 Å². The number of urea groups is 2. The topological polar surface area (TPSA) is 47.1 Å². The molecule has 0 saturated carbocycles. The highest BCUT2D eigenvalue weighted by molar-refractivity contribution is 5.84. The molecule has 0 aliphatic carbocycles. The van der Waals surface area contributed by atoms with E-state index in [2.05, 4.69) is 0 Å². The molecule has 2 aliphatic heterocycles. The number of carbonyl (C=O) groups is 2. The number of nitrogens with zero attached hydrogens (tertiary/aromatic N) is 4. The number of likely N-dealkylation sites (N-methyl/N-ethyl adjacent to an activating group) is 3. The lowest BCUT2D eigenvalue weighted by atomic mass is 10.3. The van der Waals surface area contributed by atoms with E-state index in [4.69, 9.17) is 0 Å². The fraction of sp³-hybridized carbons (Fsp3) is 0.800. The average Bonchev–Trinajstić information content (AvgIpc) is 2.59. The van der Waals surface area contributed by atoms with Gasteiger partial charge in [0.15, 0.2) is 0 Å². The van der Waals surface area contributed by atoms with Crippen LogP contribution in [0.4, 0.5) is 9.59 Å². The Morgan fingerprint density at radius 2 is 1.31 bits per heavy atom. The van der Waals surface area contributed by atoms with E-state index in [0.29, 0.717) is 0 Å². The molecule has 0 aromatic rings. The molecule has 90 valence electrons. The number of amides is 4. The lowest BCUT2D eigenvalue weighted by Crippen LogP contribution is -2.47. The molecule has 0 aromatic heterocycles. The van der Waals surface area contributed by atoms with Gasteiger partial charge in [-0.1, -0.05) is 0 Å². The first-order chi connectivity index (χ1) is 7.37. The monoisotopic (exact) mass is 226 g/mol. The predicted molar refractivity (Wildman–Crippen MR) is 58.6 cm³/mol. The molecule has 0 spiro atoms. The molecule has 2 atom stereocenters. The Morgan fingerprint density at radius 1 is 0.875 bits per heavy atom. The number of hydrogen-bond acceptors (Lipinski definition) is 2. The first kappa shape index (κ1) is 11.0. The maximum Gasteiger partial charge on any atom is 0.323 e. The minimum absolute atomic E-state index is 0.0174. The van der Waals surface area contributed by atoms with Gasteiger partial charge in [0.05, 0.1) is 0 Å². The van der Waals surface area contributed by atoms with E-state index in [-0.39, 0.29) is 30.4 Å². The smallest absolute Gasteiger partial charge is 0.303 e. The summed E-state index contributed by atoms with van der Waals surface area (Å²) in [6.07, 6.45) is -0.345. The van der Waals surface area contributed by atoms with Crippen LogP contribution in [0.3, 0.4) is 0 Å². The highest BCUT2D eigenvalue weighted by Crippen LogP contribution is 2.33. The second-order valence-corrected chi connectivity index (χ2v) is 4.73. The molecule has 0 bridgehead atoms. The number of fused-ring (bicyclic) bond motifs is 1. The summed E-state index contributed by atoms with van der Waals surface area (Å²) in [5.74, 6) is 0. The largest absolute Gasteiger partial charge is 0.323 e. The van der Waals surface area contributed by atoms with E-state index in [1.165, 1.54) is 0 Å². The average molecular weight is 226 g/mol. The van der Waals surface area contributed by atoms with Crippen LogP contribution in [-0.2, 0) is 0 Å². The Morgan fingerprint density at radius 3 is 1.81 bits per heavy atom. The van der Waals surface area contributed by atoms with Crippen molar-refractivity contribution in [3.8, 4) is 0 Å². The summed E-state index contributed by atoms with van der Waals surface area (Å²) < 4.78 is 0. The second-order valence-electron chi connectivity index (χ2n) is 4.73. The van der Waals surface area contributed by atoms with Gasteiger partial charge in [-0.05, 0) is 13.8 Å². The molecule has 2 rings (SSSR count). The summed E-state index contributed by atoms with van der Waals surface area (Å²) in [6.45, 7) is 3.93. The Labute approximate surface area is 95.4 Å². The van der Waals surface area contributed by atoms with Crippen LogP contribution in [-0.4, -0.2) is 71.2 Å². The Balaban J connectivity index is 2.40. The molecule has 2 fully saturated rings. The van der Waals surface area contributed by atoms with Crippen LogP contribution in [0.25, 0.3) is 0 Å². The zero-order valence-electron chi connectivity index (χ0n) is 10.3. The van der Waals surface area contributed by atoms with Crippen LogP contribution in [0.5, 0.6) is 0 Å². The number of hydrogen-bond donors (Lipinski definition) is 0. The SMILES string of the molecule is CC(C)N1C(=O)N(C)[C@H]2[C@@H]1N(C)C(=O)N2C. The molecular formula is C10H18N4O2. The van der Waals surface area contributed by atoms with Crippen LogP contribution in [0.15, 0.2) is 0 Å². The van der Waals surface area contributed by atoms with Crippen LogP contribution in [0.1, 0.15) is 13.8 Å². The van der Waals surface area contributed by atoms with Crippen molar-refractivity contribution in [1.29, 1.82) is 0 Å². The zero-order valence-corrected chi connectivity index (χ0v) is 10.3. The van der Waals surface area contributed by atoms with Crippen LogP contribution in [0.2, 0.25) is 0 Å². The van der Waals surface area contributed by atoms with Gasteiger partial charge >= 0.3 is 12.1 Å². The van der Waals surface area contributed by atoms with Gasteiger partial charge in [-0.3, -0.25) is 4.90 Å². The summed E-state index contributed by atoms with van der Waals surface area (Å²) >= 11 is 0. The molecule has 0 aromatic carbocycles. The van der Waals surface area contributed by atoms with E-state index in [1.54, 1.807) is 40.7 Å². The minimum atomic E-state index is -0.174. The molecule has 0 N–H and O–H groups in total. The van der Waals surface area contributed by atoms with Crippen molar-refractivity contribution in [3.05, 3.63) is 0 Å². The van der Waals surface area contributed by atoms with Gasteiger partial charge in [-0.15, -0.1) is 0 Å². The molecule has 4 amide bonds.